The second-order valence-electron chi connectivity index (χ2n) is 2.07. The lowest BCUT2D eigenvalue weighted by Gasteiger charge is -2.16. The van der Waals surface area contributed by atoms with Crippen molar-refractivity contribution in [1.82, 2.24) is 10.2 Å². The summed E-state index contributed by atoms with van der Waals surface area (Å²) in [7, 11) is 0. The summed E-state index contributed by atoms with van der Waals surface area (Å²) >= 11 is 0. The van der Waals surface area contributed by atoms with Gasteiger partial charge < -0.3 is 10.2 Å². The van der Waals surface area contributed by atoms with Crippen molar-refractivity contribution in [3.05, 3.63) is 0 Å². The molecule has 0 aliphatic heterocycles. The average Bonchev–Trinajstić information content (AvgIpc) is 1.99. The molecule has 0 radical (unpaired) electrons. The van der Waals surface area contributed by atoms with Gasteiger partial charge in [-0.2, -0.15) is 5.26 Å². The van der Waals surface area contributed by atoms with E-state index in [9.17, 15) is 0 Å². The summed E-state index contributed by atoms with van der Waals surface area (Å²) in [6.45, 7) is 8.08. The van der Waals surface area contributed by atoms with Gasteiger partial charge in [0.25, 0.3) is 0 Å². The van der Waals surface area contributed by atoms with E-state index in [0.717, 1.165) is 26.2 Å². The van der Waals surface area contributed by atoms with Gasteiger partial charge in [0.05, 0.1) is 0 Å². The normalized spacial score (nSPS) is 9.40. The Labute approximate surface area is 62.6 Å². The van der Waals surface area contributed by atoms with Crippen LogP contribution in [0.3, 0.4) is 0 Å². The molecule has 0 fully saturated rings. The zero-order valence-electron chi connectivity index (χ0n) is 6.72. The number of hydrogen-bond donors (Lipinski definition) is 1. The summed E-state index contributed by atoms with van der Waals surface area (Å²) in [4.78, 5) is 2.27. The molecule has 0 saturated heterocycles. The fourth-order valence-corrected chi connectivity index (χ4v) is 0.810. The smallest absolute Gasteiger partial charge is 0.176 e. The summed E-state index contributed by atoms with van der Waals surface area (Å²) in [6, 6.07) is 0. The first-order valence-electron chi connectivity index (χ1n) is 3.69. The third kappa shape index (κ3) is 4.16. The van der Waals surface area contributed by atoms with Crippen molar-refractivity contribution in [2.24, 2.45) is 0 Å². The third-order valence-electron chi connectivity index (χ3n) is 1.53. The Kier molecular flexibility index (Phi) is 5.89. The molecule has 3 heteroatoms. The summed E-state index contributed by atoms with van der Waals surface area (Å²) in [6.07, 6.45) is 1.89. The summed E-state index contributed by atoms with van der Waals surface area (Å²) < 4.78 is 0. The fourth-order valence-electron chi connectivity index (χ4n) is 0.810. The van der Waals surface area contributed by atoms with Gasteiger partial charge in [-0.25, -0.2) is 0 Å². The first-order chi connectivity index (χ1) is 4.85. The SMILES string of the molecule is CCN(CC)CCNC#N. The van der Waals surface area contributed by atoms with Crippen LogP contribution in [0.5, 0.6) is 0 Å². The molecule has 0 aliphatic carbocycles. The van der Waals surface area contributed by atoms with E-state index in [2.05, 4.69) is 24.1 Å². The highest BCUT2D eigenvalue weighted by Gasteiger charge is 1.95. The van der Waals surface area contributed by atoms with E-state index in [1.807, 2.05) is 6.19 Å². The lowest BCUT2D eigenvalue weighted by atomic mass is 10.5. The van der Waals surface area contributed by atoms with E-state index in [1.54, 1.807) is 0 Å². The van der Waals surface area contributed by atoms with Gasteiger partial charge in [-0.05, 0) is 13.1 Å². The van der Waals surface area contributed by atoms with Crippen molar-refractivity contribution in [2.75, 3.05) is 26.2 Å². The van der Waals surface area contributed by atoms with Crippen molar-refractivity contribution in [3.63, 3.8) is 0 Å². The average molecular weight is 141 g/mol. The maximum absolute atomic E-state index is 8.14. The number of nitriles is 1. The van der Waals surface area contributed by atoms with E-state index in [0.29, 0.717) is 0 Å². The Bertz CT molecular complexity index is 102. The molecule has 0 aromatic rings. The highest BCUT2D eigenvalue weighted by atomic mass is 15.1. The maximum atomic E-state index is 8.14. The van der Waals surface area contributed by atoms with Crippen LogP contribution in [0.2, 0.25) is 0 Å². The molecule has 0 atom stereocenters. The molecule has 0 saturated carbocycles. The fraction of sp³-hybridized carbons (Fsp3) is 0.857. The number of likely N-dealkylation sites (N-methyl/N-ethyl adjacent to an activating group) is 1. The molecule has 1 N–H and O–H groups in total. The molecule has 3 nitrogen and oxygen atoms in total. The minimum atomic E-state index is 0.762. The second kappa shape index (κ2) is 6.37. The Hall–Kier alpha value is -0.750. The van der Waals surface area contributed by atoms with Crippen LogP contribution in [0.4, 0.5) is 0 Å². The van der Waals surface area contributed by atoms with Crippen LogP contribution >= 0.6 is 0 Å². The number of hydrogen-bond acceptors (Lipinski definition) is 3. The van der Waals surface area contributed by atoms with Gasteiger partial charge in [0, 0.05) is 13.1 Å². The minimum Gasteiger partial charge on any atom is -0.323 e. The van der Waals surface area contributed by atoms with Gasteiger partial charge >= 0.3 is 0 Å². The summed E-state index contributed by atoms with van der Waals surface area (Å²) in [5, 5.41) is 10.8. The van der Waals surface area contributed by atoms with Crippen molar-refractivity contribution in [2.45, 2.75) is 13.8 Å². The Morgan fingerprint density at radius 1 is 1.40 bits per heavy atom. The molecule has 0 aliphatic rings. The molecule has 0 bridgehead atoms. The molecule has 0 rings (SSSR count). The first kappa shape index (κ1) is 9.25. The van der Waals surface area contributed by atoms with Gasteiger partial charge in [0.2, 0.25) is 0 Å². The van der Waals surface area contributed by atoms with E-state index in [-0.39, 0.29) is 0 Å². The third-order valence-corrected chi connectivity index (χ3v) is 1.53. The minimum absolute atomic E-state index is 0.762. The highest BCUT2D eigenvalue weighted by Crippen LogP contribution is 1.82. The lowest BCUT2D eigenvalue weighted by molar-refractivity contribution is 0.307. The lowest BCUT2D eigenvalue weighted by Crippen LogP contribution is -2.30. The van der Waals surface area contributed by atoms with Crippen LogP contribution in [-0.4, -0.2) is 31.1 Å². The topological polar surface area (TPSA) is 39.1 Å². The van der Waals surface area contributed by atoms with E-state index in [4.69, 9.17) is 5.26 Å². The monoisotopic (exact) mass is 141 g/mol. The van der Waals surface area contributed by atoms with Gasteiger partial charge in [0.1, 0.15) is 0 Å². The van der Waals surface area contributed by atoms with Crippen molar-refractivity contribution >= 4 is 0 Å². The summed E-state index contributed by atoms with van der Waals surface area (Å²) in [5.41, 5.74) is 0. The molecule has 0 spiro atoms. The maximum Gasteiger partial charge on any atom is 0.176 e. The standard InChI is InChI=1S/C7H15N3/c1-3-10(4-2)6-5-9-7-8/h9H,3-6H2,1-2H3. The molecule has 0 heterocycles. The predicted octanol–water partition coefficient (Wildman–Crippen LogP) is 0.399. The van der Waals surface area contributed by atoms with E-state index >= 15 is 0 Å². The van der Waals surface area contributed by atoms with Crippen molar-refractivity contribution in [3.8, 4) is 6.19 Å². The first-order valence-corrected chi connectivity index (χ1v) is 3.69. The molecule has 58 valence electrons. The quantitative estimate of drug-likeness (QED) is 0.342. The van der Waals surface area contributed by atoms with Gasteiger partial charge in [-0.3, -0.25) is 0 Å². The van der Waals surface area contributed by atoms with Crippen LogP contribution < -0.4 is 5.32 Å². The number of nitrogens with zero attached hydrogens (tertiary/aromatic N) is 2. The van der Waals surface area contributed by atoms with Crippen LogP contribution in [0.1, 0.15) is 13.8 Å². The highest BCUT2D eigenvalue weighted by molar-refractivity contribution is 4.66. The van der Waals surface area contributed by atoms with Crippen LogP contribution in [0.25, 0.3) is 0 Å². The van der Waals surface area contributed by atoms with Gasteiger partial charge in [-0.1, -0.05) is 13.8 Å². The van der Waals surface area contributed by atoms with Crippen LogP contribution in [-0.2, 0) is 0 Å². The molecule has 0 aromatic heterocycles. The number of rotatable bonds is 5. The van der Waals surface area contributed by atoms with Crippen LogP contribution in [0, 0.1) is 11.5 Å². The molecule has 0 amide bonds. The Morgan fingerprint density at radius 3 is 2.40 bits per heavy atom. The molecule has 0 aromatic carbocycles. The molecule has 10 heavy (non-hydrogen) atoms. The van der Waals surface area contributed by atoms with E-state index < -0.39 is 0 Å². The Balaban J connectivity index is 3.19. The zero-order valence-corrected chi connectivity index (χ0v) is 6.72. The zero-order chi connectivity index (χ0) is 7.82. The summed E-state index contributed by atoms with van der Waals surface area (Å²) in [5.74, 6) is 0. The molecular formula is C7H15N3. The Morgan fingerprint density at radius 2 is 2.00 bits per heavy atom. The predicted molar refractivity (Wildman–Crippen MR) is 41.4 cm³/mol. The van der Waals surface area contributed by atoms with Crippen molar-refractivity contribution < 1.29 is 0 Å². The van der Waals surface area contributed by atoms with Gasteiger partial charge in [0.15, 0.2) is 6.19 Å². The van der Waals surface area contributed by atoms with Crippen LogP contribution in [0.15, 0.2) is 0 Å². The van der Waals surface area contributed by atoms with Gasteiger partial charge in [-0.15, -0.1) is 0 Å². The largest absolute Gasteiger partial charge is 0.323 e. The van der Waals surface area contributed by atoms with Crippen molar-refractivity contribution in [1.29, 1.82) is 5.26 Å². The molecular weight excluding hydrogens is 126 g/mol. The number of nitrogens with one attached hydrogen (secondary N) is 1. The van der Waals surface area contributed by atoms with E-state index in [1.165, 1.54) is 0 Å². The second-order valence-corrected chi connectivity index (χ2v) is 2.07. The molecule has 0 unspecified atom stereocenters.